The molecule has 11 heteroatoms. The van der Waals surface area contributed by atoms with E-state index in [1.807, 2.05) is 13.8 Å². The van der Waals surface area contributed by atoms with Crippen molar-refractivity contribution in [2.24, 2.45) is 5.92 Å². The monoisotopic (exact) mass is 561 g/mol. The highest BCUT2D eigenvalue weighted by Crippen LogP contribution is 2.29. The Hall–Kier alpha value is -2.00. The summed E-state index contributed by atoms with van der Waals surface area (Å²) in [6.45, 7) is 7.15. The zero-order chi connectivity index (χ0) is 26.5. The standard InChI is InChI=1S/C24H30Cl3N3O4S/c1-15(2)12-28-24(32)17(4)29(13-18-9-10-20(26)21(27)11-18)23(31)14-30(35(5,33)34)22-8-6-7-19(25)16(22)3/h6-11,15,17H,12-14H2,1-5H3,(H,28,32). The molecule has 0 radical (unpaired) electrons. The predicted octanol–water partition coefficient (Wildman–Crippen LogP) is 4.91. The molecule has 2 rings (SSSR count). The first-order valence-electron chi connectivity index (χ1n) is 11.0. The first-order valence-corrected chi connectivity index (χ1v) is 13.9. The molecule has 7 nitrogen and oxygen atoms in total. The number of anilines is 1. The molecule has 0 aliphatic heterocycles. The Morgan fingerprint density at radius 1 is 1.00 bits per heavy atom. The van der Waals surface area contributed by atoms with Crippen molar-refractivity contribution in [2.75, 3.05) is 23.7 Å². The van der Waals surface area contributed by atoms with Gasteiger partial charge in [0.2, 0.25) is 21.8 Å². The maximum absolute atomic E-state index is 13.6. The third-order valence-electron chi connectivity index (χ3n) is 5.38. The molecule has 2 amide bonds. The zero-order valence-corrected chi connectivity index (χ0v) is 23.4. The van der Waals surface area contributed by atoms with Crippen molar-refractivity contribution in [3.63, 3.8) is 0 Å². The van der Waals surface area contributed by atoms with E-state index < -0.39 is 28.5 Å². The average Bonchev–Trinajstić information content (AvgIpc) is 2.77. The van der Waals surface area contributed by atoms with Gasteiger partial charge in [-0.2, -0.15) is 0 Å². The van der Waals surface area contributed by atoms with Crippen LogP contribution in [0.15, 0.2) is 36.4 Å². The summed E-state index contributed by atoms with van der Waals surface area (Å²) in [6, 6.07) is 8.86. The van der Waals surface area contributed by atoms with Crippen molar-refractivity contribution in [3.8, 4) is 0 Å². The van der Waals surface area contributed by atoms with Crippen LogP contribution in [0.5, 0.6) is 0 Å². The maximum atomic E-state index is 13.6. The molecule has 35 heavy (non-hydrogen) atoms. The second kappa shape index (κ2) is 12.3. The second-order valence-corrected chi connectivity index (χ2v) is 11.9. The van der Waals surface area contributed by atoms with Crippen molar-refractivity contribution >= 4 is 62.3 Å². The Balaban J connectivity index is 2.43. The van der Waals surface area contributed by atoms with Gasteiger partial charge in [0.15, 0.2) is 0 Å². The minimum absolute atomic E-state index is 0.0259. The largest absolute Gasteiger partial charge is 0.354 e. The van der Waals surface area contributed by atoms with Gasteiger partial charge in [-0.25, -0.2) is 8.42 Å². The smallest absolute Gasteiger partial charge is 0.244 e. The molecule has 0 heterocycles. The lowest BCUT2D eigenvalue weighted by Gasteiger charge is -2.32. The van der Waals surface area contributed by atoms with Crippen molar-refractivity contribution < 1.29 is 18.0 Å². The molecule has 0 aromatic heterocycles. The topological polar surface area (TPSA) is 86.8 Å². The van der Waals surface area contributed by atoms with Gasteiger partial charge in [-0.15, -0.1) is 0 Å². The number of halogens is 3. The van der Waals surface area contributed by atoms with Crippen molar-refractivity contribution in [2.45, 2.75) is 40.3 Å². The van der Waals surface area contributed by atoms with Crippen LogP contribution in [-0.4, -0.2) is 50.5 Å². The molecule has 0 aliphatic rings. The summed E-state index contributed by atoms with van der Waals surface area (Å²) in [5.74, 6) is -0.693. The number of carbonyl (C=O) groups excluding carboxylic acids is 2. The number of nitrogens with zero attached hydrogens (tertiary/aromatic N) is 2. The van der Waals surface area contributed by atoms with Crippen LogP contribution in [-0.2, 0) is 26.2 Å². The normalized spacial score (nSPS) is 12.4. The summed E-state index contributed by atoms with van der Waals surface area (Å²) in [5.41, 5.74) is 1.45. The SMILES string of the molecule is Cc1c(Cl)cccc1N(CC(=O)N(Cc1ccc(Cl)c(Cl)c1)C(C)C(=O)NCC(C)C)S(C)(=O)=O. The minimum Gasteiger partial charge on any atom is -0.354 e. The van der Waals surface area contributed by atoms with Crippen LogP contribution < -0.4 is 9.62 Å². The van der Waals surface area contributed by atoms with Gasteiger partial charge in [0, 0.05) is 18.1 Å². The highest BCUT2D eigenvalue weighted by atomic mass is 35.5. The summed E-state index contributed by atoms with van der Waals surface area (Å²) in [4.78, 5) is 27.7. The number of carbonyl (C=O) groups is 2. The molecule has 2 aromatic carbocycles. The molecular formula is C24H30Cl3N3O4S. The van der Waals surface area contributed by atoms with Crippen LogP contribution in [0.3, 0.4) is 0 Å². The fourth-order valence-corrected chi connectivity index (χ4v) is 4.72. The van der Waals surface area contributed by atoms with Gasteiger partial charge in [-0.1, -0.05) is 60.8 Å². The lowest BCUT2D eigenvalue weighted by molar-refractivity contribution is -0.139. The Labute approximate surface area is 222 Å². The van der Waals surface area contributed by atoms with Gasteiger partial charge in [-0.3, -0.25) is 13.9 Å². The van der Waals surface area contributed by atoms with Crippen LogP contribution in [0.4, 0.5) is 5.69 Å². The summed E-state index contributed by atoms with van der Waals surface area (Å²) in [6.07, 6.45) is 1.02. The molecular weight excluding hydrogens is 533 g/mol. The molecule has 0 bridgehead atoms. The van der Waals surface area contributed by atoms with Crippen LogP contribution in [0.2, 0.25) is 15.1 Å². The highest BCUT2D eigenvalue weighted by molar-refractivity contribution is 7.92. The van der Waals surface area contributed by atoms with E-state index in [1.165, 1.54) is 4.90 Å². The molecule has 0 aliphatic carbocycles. The summed E-state index contributed by atoms with van der Waals surface area (Å²) >= 11 is 18.4. The Kier molecular flexibility index (Phi) is 10.3. The molecule has 1 atom stereocenters. The number of hydrogen-bond donors (Lipinski definition) is 1. The van der Waals surface area contributed by atoms with Gasteiger partial charge in [0.25, 0.3) is 0 Å². The predicted molar refractivity (Wildman–Crippen MR) is 143 cm³/mol. The van der Waals surface area contributed by atoms with E-state index >= 15 is 0 Å². The van der Waals surface area contributed by atoms with Gasteiger partial charge in [0.1, 0.15) is 12.6 Å². The van der Waals surface area contributed by atoms with E-state index in [0.29, 0.717) is 38.4 Å². The number of hydrogen-bond acceptors (Lipinski definition) is 4. The molecule has 2 aromatic rings. The van der Waals surface area contributed by atoms with Gasteiger partial charge in [-0.05, 0) is 55.2 Å². The summed E-state index contributed by atoms with van der Waals surface area (Å²) in [7, 11) is -3.85. The molecule has 1 N–H and O–H groups in total. The third-order valence-corrected chi connectivity index (χ3v) is 7.65. The number of amides is 2. The minimum atomic E-state index is -3.85. The van der Waals surface area contributed by atoms with E-state index in [9.17, 15) is 18.0 Å². The number of benzene rings is 2. The number of rotatable bonds is 10. The number of nitrogens with one attached hydrogen (secondary N) is 1. The Morgan fingerprint density at radius 2 is 1.66 bits per heavy atom. The van der Waals surface area contributed by atoms with E-state index in [-0.39, 0.29) is 18.4 Å². The van der Waals surface area contributed by atoms with E-state index in [0.717, 1.165) is 10.6 Å². The van der Waals surface area contributed by atoms with Crippen molar-refractivity contribution in [1.29, 1.82) is 0 Å². The van der Waals surface area contributed by atoms with Gasteiger partial charge in [0.05, 0.1) is 22.0 Å². The summed E-state index contributed by atoms with van der Waals surface area (Å²) < 4.78 is 26.3. The lowest BCUT2D eigenvalue weighted by atomic mass is 10.1. The molecule has 0 saturated heterocycles. The van der Waals surface area contributed by atoms with Gasteiger partial charge >= 0.3 is 0 Å². The fourth-order valence-electron chi connectivity index (χ4n) is 3.33. The fraction of sp³-hybridized carbons (Fsp3) is 0.417. The third kappa shape index (κ3) is 8.00. The molecule has 0 fully saturated rings. The zero-order valence-electron chi connectivity index (χ0n) is 20.3. The van der Waals surface area contributed by atoms with E-state index in [1.54, 1.807) is 50.2 Å². The van der Waals surface area contributed by atoms with Crippen LogP contribution in [0, 0.1) is 12.8 Å². The molecule has 192 valence electrons. The van der Waals surface area contributed by atoms with Crippen molar-refractivity contribution in [3.05, 3.63) is 62.6 Å². The quantitative estimate of drug-likeness (QED) is 0.446. The van der Waals surface area contributed by atoms with Crippen LogP contribution >= 0.6 is 34.8 Å². The first-order chi connectivity index (χ1) is 16.2. The molecule has 0 saturated carbocycles. The van der Waals surface area contributed by atoms with Crippen LogP contribution in [0.25, 0.3) is 0 Å². The summed E-state index contributed by atoms with van der Waals surface area (Å²) in [5, 5.41) is 3.86. The number of sulfonamides is 1. The lowest BCUT2D eigenvalue weighted by Crippen LogP contribution is -2.51. The maximum Gasteiger partial charge on any atom is 0.244 e. The van der Waals surface area contributed by atoms with Gasteiger partial charge < -0.3 is 10.2 Å². The van der Waals surface area contributed by atoms with E-state index in [2.05, 4.69) is 5.32 Å². The van der Waals surface area contributed by atoms with Crippen molar-refractivity contribution in [1.82, 2.24) is 10.2 Å². The van der Waals surface area contributed by atoms with Crippen LogP contribution in [0.1, 0.15) is 31.9 Å². The van der Waals surface area contributed by atoms with E-state index in [4.69, 9.17) is 34.8 Å². The molecule has 0 spiro atoms. The first kappa shape index (κ1) is 29.2. The Morgan fingerprint density at radius 3 is 2.23 bits per heavy atom. The highest BCUT2D eigenvalue weighted by Gasteiger charge is 2.31. The second-order valence-electron chi connectivity index (χ2n) is 8.74. The Bertz CT molecular complexity index is 1190. The molecule has 1 unspecified atom stereocenters. The average molecular weight is 563 g/mol.